The van der Waals surface area contributed by atoms with Crippen molar-refractivity contribution in [1.29, 1.82) is 0 Å². The molecule has 6 aliphatic rings. The van der Waals surface area contributed by atoms with Gasteiger partial charge in [0, 0.05) is 12.3 Å². The Balaban J connectivity index is 1.30. The molecule has 168 valence electrons. The van der Waals surface area contributed by atoms with Crippen molar-refractivity contribution in [3.63, 3.8) is 0 Å². The molecule has 3 saturated carbocycles. The van der Waals surface area contributed by atoms with Crippen LogP contribution in [0.4, 0.5) is 0 Å². The third-order valence-corrected chi connectivity index (χ3v) is 11.3. The second-order valence-electron chi connectivity index (χ2n) is 12.7. The summed E-state index contributed by atoms with van der Waals surface area (Å²) in [7, 11) is 0. The zero-order valence-electron chi connectivity index (χ0n) is 19.5. The molecule has 2 saturated heterocycles. The topological polar surface area (TPSA) is 38.7 Å². The van der Waals surface area contributed by atoms with Gasteiger partial charge in [-0.2, -0.15) is 0 Å². The molecule has 0 unspecified atom stereocenters. The molecule has 5 fully saturated rings. The van der Waals surface area contributed by atoms with Crippen molar-refractivity contribution in [1.82, 2.24) is 0 Å². The first-order valence-electron chi connectivity index (χ1n) is 13.0. The average Bonchev–Trinajstić information content (AvgIpc) is 3.16. The molecule has 0 aromatic heterocycles. The molecule has 6 rings (SSSR count). The summed E-state index contributed by atoms with van der Waals surface area (Å²) in [6, 6.07) is 0. The summed E-state index contributed by atoms with van der Waals surface area (Å²) >= 11 is 0. The molecule has 2 aliphatic heterocycles. The monoisotopic (exact) mass is 414 g/mol. The van der Waals surface area contributed by atoms with Crippen LogP contribution in [-0.2, 0) is 9.47 Å². The Kier molecular flexibility index (Phi) is 4.44. The summed E-state index contributed by atoms with van der Waals surface area (Å²) < 4.78 is 13.3. The molecule has 0 aromatic rings. The van der Waals surface area contributed by atoms with E-state index in [1.54, 1.807) is 5.57 Å². The zero-order chi connectivity index (χ0) is 20.9. The number of aliphatic hydroxyl groups excluding tert-OH is 1. The maximum atomic E-state index is 10.3. The van der Waals surface area contributed by atoms with Gasteiger partial charge in [-0.05, 0) is 91.8 Å². The maximum Gasteiger partial charge on any atom is 0.171 e. The van der Waals surface area contributed by atoms with Crippen LogP contribution >= 0.6 is 0 Å². The standard InChI is InChI=1S/C27H42O3/c1-16-7-12-27(29-15-16)17(2)24-23(30-27)14-22-20-6-5-18-13-19(28)8-10-25(18,3)21(20)9-11-26(22,24)4/h9,16-20,22-24,28H,5-8,10-15H2,1-4H3/t16-,17+,18+,19-,20-,22-,23-,24-,25+,26+,27+/m1/s1. The summed E-state index contributed by atoms with van der Waals surface area (Å²) in [5.41, 5.74) is 2.46. The van der Waals surface area contributed by atoms with Crippen LogP contribution in [0.1, 0.15) is 85.5 Å². The van der Waals surface area contributed by atoms with Crippen molar-refractivity contribution in [3.8, 4) is 0 Å². The van der Waals surface area contributed by atoms with Gasteiger partial charge in [-0.25, -0.2) is 0 Å². The minimum Gasteiger partial charge on any atom is -0.393 e. The highest BCUT2D eigenvalue weighted by atomic mass is 16.7. The second-order valence-corrected chi connectivity index (χ2v) is 12.7. The summed E-state index contributed by atoms with van der Waals surface area (Å²) in [6.07, 6.45) is 13.6. The van der Waals surface area contributed by atoms with Gasteiger partial charge in [-0.1, -0.05) is 39.3 Å². The predicted octanol–water partition coefficient (Wildman–Crippen LogP) is 5.71. The Bertz CT molecular complexity index is 736. The number of allylic oxidation sites excluding steroid dienone is 2. The number of aliphatic hydroxyl groups is 1. The quantitative estimate of drug-likeness (QED) is 0.516. The highest BCUT2D eigenvalue weighted by Crippen LogP contribution is 2.69. The Morgan fingerprint density at radius 1 is 1.03 bits per heavy atom. The van der Waals surface area contributed by atoms with Gasteiger partial charge in [0.2, 0.25) is 0 Å². The number of hydrogen-bond acceptors (Lipinski definition) is 3. The number of ether oxygens (including phenoxy) is 2. The van der Waals surface area contributed by atoms with Crippen LogP contribution in [0, 0.1) is 46.3 Å². The highest BCUT2D eigenvalue weighted by Gasteiger charge is 2.67. The predicted molar refractivity (Wildman–Crippen MR) is 118 cm³/mol. The van der Waals surface area contributed by atoms with E-state index in [2.05, 4.69) is 33.8 Å². The minimum atomic E-state index is -0.303. The van der Waals surface area contributed by atoms with Crippen LogP contribution < -0.4 is 0 Å². The number of rotatable bonds is 0. The van der Waals surface area contributed by atoms with E-state index in [1.807, 2.05) is 0 Å². The number of fused-ring (bicyclic) bond motifs is 7. The molecule has 2 heterocycles. The van der Waals surface area contributed by atoms with Crippen LogP contribution in [0.15, 0.2) is 11.6 Å². The molecule has 0 amide bonds. The first-order chi connectivity index (χ1) is 14.3. The molecular formula is C27H42O3. The lowest BCUT2D eigenvalue weighted by molar-refractivity contribution is -0.272. The minimum absolute atomic E-state index is 0.0661. The molecule has 0 bridgehead atoms. The fourth-order valence-electron chi connectivity index (χ4n) is 9.52. The van der Waals surface area contributed by atoms with Gasteiger partial charge < -0.3 is 14.6 Å². The molecular weight excluding hydrogens is 372 g/mol. The van der Waals surface area contributed by atoms with Crippen LogP contribution in [0.3, 0.4) is 0 Å². The molecule has 3 nitrogen and oxygen atoms in total. The summed E-state index contributed by atoms with van der Waals surface area (Å²) in [5, 5.41) is 10.3. The van der Waals surface area contributed by atoms with Gasteiger partial charge in [0.25, 0.3) is 0 Å². The van der Waals surface area contributed by atoms with Crippen LogP contribution in [0.2, 0.25) is 0 Å². The largest absolute Gasteiger partial charge is 0.393 e. The van der Waals surface area contributed by atoms with Crippen LogP contribution in [0.25, 0.3) is 0 Å². The van der Waals surface area contributed by atoms with Crippen molar-refractivity contribution in [2.24, 2.45) is 46.3 Å². The van der Waals surface area contributed by atoms with E-state index in [0.29, 0.717) is 40.6 Å². The summed E-state index contributed by atoms with van der Waals surface area (Å²) in [5.74, 6) is 3.68. The molecule has 3 heteroatoms. The third kappa shape index (κ3) is 2.55. The maximum absolute atomic E-state index is 10.3. The van der Waals surface area contributed by atoms with E-state index in [0.717, 1.165) is 37.7 Å². The van der Waals surface area contributed by atoms with Gasteiger partial charge in [0.15, 0.2) is 5.79 Å². The van der Waals surface area contributed by atoms with Gasteiger partial charge in [0.1, 0.15) is 0 Å². The van der Waals surface area contributed by atoms with E-state index < -0.39 is 0 Å². The van der Waals surface area contributed by atoms with Gasteiger partial charge in [-0.3, -0.25) is 0 Å². The van der Waals surface area contributed by atoms with Crippen molar-refractivity contribution >= 4 is 0 Å². The Hall–Kier alpha value is -0.380. The van der Waals surface area contributed by atoms with E-state index in [9.17, 15) is 5.11 Å². The molecule has 1 N–H and O–H groups in total. The van der Waals surface area contributed by atoms with Crippen LogP contribution in [0.5, 0.6) is 0 Å². The molecule has 0 aromatic carbocycles. The lowest BCUT2D eigenvalue weighted by Gasteiger charge is -2.57. The van der Waals surface area contributed by atoms with Crippen molar-refractivity contribution < 1.29 is 14.6 Å². The smallest absolute Gasteiger partial charge is 0.171 e. The SMILES string of the molecule is C[C@@H]1CC[C@]2(OC1)O[C@@H]1C[C@@H]3[C@@H]4CC[C@H]5C[C@H](O)CC[C@]5(C)C4=CC[C@]3(C)[C@@H]1[C@@H]2C. The second kappa shape index (κ2) is 6.58. The fourth-order valence-corrected chi connectivity index (χ4v) is 9.52. The van der Waals surface area contributed by atoms with E-state index in [4.69, 9.17) is 9.47 Å². The van der Waals surface area contributed by atoms with E-state index in [1.165, 1.54) is 38.5 Å². The Labute approximate surface area is 183 Å². The van der Waals surface area contributed by atoms with Crippen LogP contribution in [-0.4, -0.2) is 29.7 Å². The molecule has 0 radical (unpaired) electrons. The first kappa shape index (κ1) is 20.2. The van der Waals surface area contributed by atoms with Crippen molar-refractivity contribution in [2.75, 3.05) is 6.61 Å². The first-order valence-corrected chi connectivity index (χ1v) is 13.0. The lowest BCUT2D eigenvalue weighted by Crippen LogP contribution is -2.50. The van der Waals surface area contributed by atoms with Gasteiger partial charge >= 0.3 is 0 Å². The van der Waals surface area contributed by atoms with Crippen molar-refractivity contribution in [3.05, 3.63) is 11.6 Å². The Morgan fingerprint density at radius 3 is 2.63 bits per heavy atom. The molecule has 1 spiro atoms. The van der Waals surface area contributed by atoms with Crippen molar-refractivity contribution in [2.45, 2.75) is 103 Å². The van der Waals surface area contributed by atoms with Gasteiger partial charge in [0.05, 0.1) is 18.8 Å². The van der Waals surface area contributed by atoms with E-state index >= 15 is 0 Å². The fraction of sp³-hybridized carbons (Fsp3) is 0.926. The zero-order valence-corrected chi connectivity index (χ0v) is 19.5. The molecule has 4 aliphatic carbocycles. The summed E-state index contributed by atoms with van der Waals surface area (Å²) in [4.78, 5) is 0. The lowest BCUT2D eigenvalue weighted by atomic mass is 9.48. The third-order valence-electron chi connectivity index (χ3n) is 11.3. The average molecular weight is 415 g/mol. The Morgan fingerprint density at radius 2 is 1.87 bits per heavy atom. The molecule has 30 heavy (non-hydrogen) atoms. The highest BCUT2D eigenvalue weighted by molar-refractivity contribution is 5.30. The summed E-state index contributed by atoms with van der Waals surface area (Å²) in [6.45, 7) is 10.7. The normalized spacial score (nSPS) is 59.8. The molecule has 11 atom stereocenters. The number of hydrogen-bond donors (Lipinski definition) is 1. The van der Waals surface area contributed by atoms with E-state index in [-0.39, 0.29) is 11.9 Å². The van der Waals surface area contributed by atoms with Gasteiger partial charge in [-0.15, -0.1) is 0 Å².